The number of carbonyl (C=O) groups is 1. The zero-order valence-electron chi connectivity index (χ0n) is 20.2. The smallest absolute Gasteiger partial charge is 0.461 e. The van der Waals surface area contributed by atoms with Gasteiger partial charge in [-0.3, -0.25) is 4.52 Å². The zero-order valence-corrected chi connectivity index (χ0v) is 21.1. The van der Waals surface area contributed by atoms with Gasteiger partial charge in [-0.2, -0.15) is 4.58 Å². The Labute approximate surface area is 195 Å². The number of fused-ring (bicyclic) bond motifs is 3. The summed E-state index contributed by atoms with van der Waals surface area (Å²) in [5.74, 6) is -0.397. The minimum absolute atomic E-state index is 0.0182. The van der Waals surface area contributed by atoms with Crippen LogP contribution in [0.4, 0.5) is 5.69 Å². The van der Waals surface area contributed by atoms with Crippen molar-refractivity contribution in [2.24, 2.45) is 0 Å². The van der Waals surface area contributed by atoms with Crippen LogP contribution in [0.25, 0.3) is 10.8 Å². The third-order valence-electron chi connectivity index (χ3n) is 6.16. The molecule has 0 radical (unpaired) electrons. The molecule has 1 aliphatic heterocycles. The highest BCUT2D eigenvalue weighted by atomic mass is 31.2. The lowest BCUT2D eigenvalue weighted by Gasteiger charge is -2.29. The van der Waals surface area contributed by atoms with E-state index in [-0.39, 0.29) is 25.0 Å². The maximum Gasteiger partial charge on any atom is 0.470 e. The number of nitrogens with zero attached hydrogens (tertiary/aromatic N) is 2. The van der Waals surface area contributed by atoms with Crippen molar-refractivity contribution in [2.75, 3.05) is 40.8 Å². The number of phosphoric ester groups is 1. The number of phosphoric acid groups is 1. The maximum absolute atomic E-state index is 12.7. The summed E-state index contributed by atoms with van der Waals surface area (Å²) in [5, 5.41) is 2.34. The fourth-order valence-corrected chi connectivity index (χ4v) is 5.07. The second-order valence-corrected chi connectivity index (χ2v) is 11.4. The van der Waals surface area contributed by atoms with Crippen LogP contribution >= 0.6 is 7.82 Å². The van der Waals surface area contributed by atoms with E-state index in [1.807, 2.05) is 50.8 Å². The third-order valence-corrected chi connectivity index (χ3v) is 6.73. The van der Waals surface area contributed by atoms with Crippen LogP contribution < -0.4 is 0 Å². The van der Waals surface area contributed by atoms with Crippen molar-refractivity contribution >= 4 is 36.0 Å². The van der Waals surface area contributed by atoms with E-state index in [1.165, 1.54) is 10.9 Å². The molecular weight excluding hydrogens is 443 g/mol. The van der Waals surface area contributed by atoms with Crippen LogP contribution in [0.15, 0.2) is 36.4 Å². The van der Waals surface area contributed by atoms with Gasteiger partial charge in [0, 0.05) is 25.0 Å². The molecule has 0 fully saturated rings. The number of carbonyl (C=O) groups excluding carboxylic acids is 1. The molecule has 33 heavy (non-hydrogen) atoms. The number of hydrogen-bond acceptors (Lipinski definition) is 4. The van der Waals surface area contributed by atoms with Crippen molar-refractivity contribution in [3.05, 3.63) is 42.0 Å². The van der Waals surface area contributed by atoms with Gasteiger partial charge in [0.15, 0.2) is 5.71 Å². The predicted molar refractivity (Wildman–Crippen MR) is 128 cm³/mol. The van der Waals surface area contributed by atoms with Crippen molar-refractivity contribution in [1.82, 2.24) is 0 Å². The van der Waals surface area contributed by atoms with Crippen LogP contribution in [-0.2, 0) is 24.0 Å². The number of benzene rings is 2. The molecule has 0 saturated heterocycles. The molecule has 0 aliphatic carbocycles. The minimum atomic E-state index is -4.64. The average Bonchev–Trinajstić information content (AvgIpc) is 2.86. The van der Waals surface area contributed by atoms with Crippen molar-refractivity contribution in [1.29, 1.82) is 0 Å². The van der Waals surface area contributed by atoms with Gasteiger partial charge >= 0.3 is 13.8 Å². The van der Waals surface area contributed by atoms with Crippen LogP contribution in [0.2, 0.25) is 0 Å². The van der Waals surface area contributed by atoms with Gasteiger partial charge in [-0.25, -0.2) is 9.36 Å². The SMILES string of the molecule is CC1=[N+](CC(=O)OCCC(C[N+](C)(C)C)OP(=O)(O)O)c2ccc3ccccc3c2C1(C)C. The van der Waals surface area contributed by atoms with E-state index in [2.05, 4.69) is 32.0 Å². The minimum Gasteiger partial charge on any atom is -0.461 e. The largest absolute Gasteiger partial charge is 0.470 e. The van der Waals surface area contributed by atoms with Gasteiger partial charge in [0.25, 0.3) is 0 Å². The monoisotopic (exact) mass is 478 g/mol. The van der Waals surface area contributed by atoms with E-state index in [0.29, 0.717) is 11.0 Å². The Balaban J connectivity index is 1.71. The van der Waals surface area contributed by atoms with Gasteiger partial charge in [-0.1, -0.05) is 24.3 Å². The first-order valence-corrected chi connectivity index (χ1v) is 12.6. The molecule has 0 bridgehead atoms. The molecule has 3 rings (SSSR count). The first-order valence-electron chi connectivity index (χ1n) is 11.0. The molecule has 8 nitrogen and oxygen atoms in total. The normalized spacial score (nSPS) is 16.7. The summed E-state index contributed by atoms with van der Waals surface area (Å²) in [5.41, 5.74) is 3.03. The quantitative estimate of drug-likeness (QED) is 0.248. The molecule has 0 saturated carbocycles. The van der Waals surface area contributed by atoms with Gasteiger partial charge < -0.3 is 19.0 Å². The fourth-order valence-electron chi connectivity index (χ4n) is 4.51. The summed E-state index contributed by atoms with van der Waals surface area (Å²) in [6.45, 7) is 6.81. The highest BCUT2D eigenvalue weighted by Gasteiger charge is 2.45. The van der Waals surface area contributed by atoms with Crippen molar-refractivity contribution in [2.45, 2.75) is 38.7 Å². The number of likely N-dealkylation sites (N-methyl/N-ethyl adjacent to an activating group) is 1. The maximum atomic E-state index is 12.7. The van der Waals surface area contributed by atoms with Gasteiger partial charge in [0.1, 0.15) is 12.6 Å². The topological polar surface area (TPSA) is 96.1 Å². The lowest BCUT2D eigenvalue weighted by molar-refractivity contribution is -0.873. The number of quaternary nitrogens is 1. The van der Waals surface area contributed by atoms with E-state index in [1.54, 1.807) is 0 Å². The highest BCUT2D eigenvalue weighted by Crippen LogP contribution is 2.43. The molecule has 2 aromatic carbocycles. The van der Waals surface area contributed by atoms with Crippen LogP contribution in [-0.4, -0.2) is 77.5 Å². The van der Waals surface area contributed by atoms with Gasteiger partial charge in [-0.05, 0) is 30.7 Å². The number of rotatable bonds is 9. The molecule has 1 unspecified atom stereocenters. The third kappa shape index (κ3) is 6.08. The average molecular weight is 479 g/mol. The van der Waals surface area contributed by atoms with Crippen LogP contribution in [0.5, 0.6) is 0 Å². The molecule has 0 aromatic heterocycles. The van der Waals surface area contributed by atoms with E-state index in [0.717, 1.165) is 16.8 Å². The Hall–Kier alpha value is -2.09. The first-order chi connectivity index (χ1) is 15.2. The molecule has 9 heteroatoms. The first kappa shape index (κ1) is 25.5. The van der Waals surface area contributed by atoms with Gasteiger partial charge in [-0.15, -0.1) is 0 Å². The number of esters is 1. The van der Waals surface area contributed by atoms with E-state index in [4.69, 9.17) is 9.26 Å². The van der Waals surface area contributed by atoms with E-state index in [9.17, 15) is 19.1 Å². The molecule has 0 spiro atoms. The molecule has 1 heterocycles. The molecule has 180 valence electrons. The number of ether oxygens (including phenoxy) is 1. The Morgan fingerprint density at radius 2 is 1.82 bits per heavy atom. The van der Waals surface area contributed by atoms with Gasteiger partial charge in [0.2, 0.25) is 12.2 Å². The van der Waals surface area contributed by atoms with Crippen molar-refractivity contribution < 1.29 is 37.5 Å². The Kier molecular flexibility index (Phi) is 7.18. The number of hydrogen-bond donors (Lipinski definition) is 2. The lowest BCUT2D eigenvalue weighted by Crippen LogP contribution is -2.42. The van der Waals surface area contributed by atoms with Crippen LogP contribution in [0, 0.1) is 0 Å². The standard InChI is InChI=1S/C24H33N2O6P/c1-17-24(2,3)23-20-10-8-7-9-18(20)11-12-21(23)25(17)15-22(27)31-14-13-19(16-26(4,5)6)32-33(28,29)30/h7-12,19H,13-16H2,1-6H3/p+2. The molecule has 2 N–H and O–H groups in total. The van der Waals surface area contributed by atoms with Crippen molar-refractivity contribution in [3.8, 4) is 0 Å². The second-order valence-electron chi connectivity index (χ2n) is 10.2. The summed E-state index contributed by atoms with van der Waals surface area (Å²) in [4.78, 5) is 31.1. The molecule has 0 amide bonds. The molecule has 2 aromatic rings. The fraction of sp³-hybridized carbons (Fsp3) is 0.500. The summed E-state index contributed by atoms with van der Waals surface area (Å²) < 4.78 is 24.1. The molecule has 1 atom stereocenters. The summed E-state index contributed by atoms with van der Waals surface area (Å²) in [6.07, 6.45) is -0.536. The summed E-state index contributed by atoms with van der Waals surface area (Å²) in [6, 6.07) is 12.4. The Morgan fingerprint density at radius 3 is 2.45 bits per heavy atom. The van der Waals surface area contributed by atoms with Crippen LogP contribution in [0.1, 0.15) is 32.8 Å². The van der Waals surface area contributed by atoms with E-state index >= 15 is 0 Å². The van der Waals surface area contributed by atoms with Crippen molar-refractivity contribution in [3.63, 3.8) is 0 Å². The molecule has 1 aliphatic rings. The summed E-state index contributed by atoms with van der Waals surface area (Å²) in [7, 11) is 1.06. The Morgan fingerprint density at radius 1 is 1.15 bits per heavy atom. The lowest BCUT2D eigenvalue weighted by atomic mass is 9.80. The highest BCUT2D eigenvalue weighted by molar-refractivity contribution is 7.46. The second kappa shape index (κ2) is 9.28. The van der Waals surface area contributed by atoms with Crippen LogP contribution in [0.3, 0.4) is 0 Å². The van der Waals surface area contributed by atoms with Gasteiger partial charge in [0.05, 0.1) is 33.2 Å². The zero-order chi connectivity index (χ0) is 24.6. The predicted octanol–water partition coefficient (Wildman–Crippen LogP) is 3.35. The van der Waals surface area contributed by atoms with E-state index < -0.39 is 19.9 Å². The Bertz CT molecular complexity index is 1130. The summed E-state index contributed by atoms with van der Waals surface area (Å²) >= 11 is 0. The molecular formula is C24H35N2O6P+2.